The maximum Gasteiger partial charge on any atom is 0.328 e. The number of para-hydroxylation sites is 1. The Balaban J connectivity index is 2.58. The molecule has 0 fully saturated rings. The van der Waals surface area contributed by atoms with Gasteiger partial charge in [-0.2, -0.15) is 0 Å². The zero-order valence-electron chi connectivity index (χ0n) is 11.3. The SMILES string of the molecule is CCS(=O)(=O)CCCOc1ccccc1C=CC(=O)O. The molecule has 0 radical (unpaired) electrons. The minimum absolute atomic E-state index is 0.0939. The average Bonchev–Trinajstić information content (AvgIpc) is 2.42. The van der Waals surface area contributed by atoms with Gasteiger partial charge in [-0.25, -0.2) is 13.2 Å². The van der Waals surface area contributed by atoms with E-state index in [2.05, 4.69) is 0 Å². The molecule has 110 valence electrons. The van der Waals surface area contributed by atoms with E-state index in [0.717, 1.165) is 6.08 Å². The number of carboxylic acid groups (broad SMARTS) is 1. The molecule has 5 nitrogen and oxygen atoms in total. The Morgan fingerprint density at radius 1 is 1.35 bits per heavy atom. The summed E-state index contributed by atoms with van der Waals surface area (Å²) in [4.78, 5) is 10.5. The van der Waals surface area contributed by atoms with Gasteiger partial charge in [-0.1, -0.05) is 25.1 Å². The second-order valence-corrected chi connectivity index (χ2v) is 6.62. The van der Waals surface area contributed by atoms with Crippen molar-refractivity contribution in [1.82, 2.24) is 0 Å². The smallest absolute Gasteiger partial charge is 0.328 e. The van der Waals surface area contributed by atoms with Gasteiger partial charge in [-0.15, -0.1) is 0 Å². The molecule has 0 unspecified atom stereocenters. The van der Waals surface area contributed by atoms with Crippen molar-refractivity contribution in [2.45, 2.75) is 13.3 Å². The monoisotopic (exact) mass is 298 g/mol. The van der Waals surface area contributed by atoms with Gasteiger partial charge in [0.15, 0.2) is 0 Å². The van der Waals surface area contributed by atoms with E-state index in [4.69, 9.17) is 9.84 Å². The van der Waals surface area contributed by atoms with Gasteiger partial charge in [-0.05, 0) is 18.6 Å². The van der Waals surface area contributed by atoms with Crippen LogP contribution < -0.4 is 4.74 Å². The molecule has 1 aromatic rings. The minimum Gasteiger partial charge on any atom is -0.493 e. The molecule has 0 aliphatic carbocycles. The van der Waals surface area contributed by atoms with Crippen LogP contribution in [-0.4, -0.2) is 37.6 Å². The second-order valence-electron chi connectivity index (χ2n) is 4.15. The van der Waals surface area contributed by atoms with E-state index < -0.39 is 15.8 Å². The molecule has 6 heteroatoms. The van der Waals surface area contributed by atoms with Crippen LogP contribution in [0.1, 0.15) is 18.9 Å². The van der Waals surface area contributed by atoms with Gasteiger partial charge in [0.05, 0.1) is 12.4 Å². The number of rotatable bonds is 8. The molecular weight excluding hydrogens is 280 g/mol. The first-order chi connectivity index (χ1) is 9.44. The Kier molecular flexibility index (Phi) is 6.24. The molecule has 1 aromatic carbocycles. The molecule has 0 aliphatic heterocycles. The number of hydrogen-bond donors (Lipinski definition) is 1. The number of sulfone groups is 1. The number of carbonyl (C=O) groups is 1. The molecule has 1 N–H and O–H groups in total. The third-order valence-electron chi connectivity index (χ3n) is 2.62. The van der Waals surface area contributed by atoms with Crippen molar-refractivity contribution in [2.24, 2.45) is 0 Å². The topological polar surface area (TPSA) is 80.7 Å². The summed E-state index contributed by atoms with van der Waals surface area (Å²) in [6.45, 7) is 1.89. The number of carboxylic acids is 1. The Morgan fingerprint density at radius 2 is 2.05 bits per heavy atom. The molecule has 0 atom stereocenters. The Hall–Kier alpha value is -1.82. The van der Waals surface area contributed by atoms with Crippen molar-refractivity contribution in [2.75, 3.05) is 18.1 Å². The van der Waals surface area contributed by atoms with Gasteiger partial charge in [0.25, 0.3) is 0 Å². The van der Waals surface area contributed by atoms with E-state index in [1.807, 2.05) is 0 Å². The quantitative estimate of drug-likeness (QED) is 0.586. The second kappa shape index (κ2) is 7.69. The summed E-state index contributed by atoms with van der Waals surface area (Å²) in [6, 6.07) is 7.00. The molecule has 0 bridgehead atoms. The summed E-state index contributed by atoms with van der Waals surface area (Å²) in [5, 5.41) is 8.60. The highest BCUT2D eigenvalue weighted by molar-refractivity contribution is 7.91. The summed E-state index contributed by atoms with van der Waals surface area (Å²) >= 11 is 0. The normalized spacial score (nSPS) is 11.7. The van der Waals surface area contributed by atoms with E-state index in [1.165, 1.54) is 6.08 Å². The number of aliphatic carboxylic acids is 1. The summed E-state index contributed by atoms with van der Waals surface area (Å²) < 4.78 is 28.1. The van der Waals surface area contributed by atoms with E-state index in [-0.39, 0.29) is 18.1 Å². The molecule has 0 amide bonds. The lowest BCUT2D eigenvalue weighted by atomic mass is 10.2. The predicted octanol–water partition coefficient (Wildman–Crippen LogP) is 1.99. The molecule has 0 aliphatic rings. The number of hydrogen-bond acceptors (Lipinski definition) is 4. The van der Waals surface area contributed by atoms with Crippen molar-refractivity contribution in [3.05, 3.63) is 35.9 Å². The van der Waals surface area contributed by atoms with Crippen LogP contribution in [0, 0.1) is 0 Å². The van der Waals surface area contributed by atoms with Crippen molar-refractivity contribution < 1.29 is 23.1 Å². The molecule has 0 spiro atoms. The molecule has 0 heterocycles. The zero-order chi connectivity index (χ0) is 15.0. The number of benzene rings is 1. The van der Waals surface area contributed by atoms with E-state index in [1.54, 1.807) is 31.2 Å². The van der Waals surface area contributed by atoms with Crippen LogP contribution in [0.15, 0.2) is 30.3 Å². The highest BCUT2D eigenvalue weighted by Crippen LogP contribution is 2.19. The van der Waals surface area contributed by atoms with Gasteiger partial charge >= 0.3 is 5.97 Å². The van der Waals surface area contributed by atoms with Crippen molar-refractivity contribution in [1.29, 1.82) is 0 Å². The molecule has 0 saturated carbocycles. The lowest BCUT2D eigenvalue weighted by Crippen LogP contribution is -2.12. The lowest BCUT2D eigenvalue weighted by Gasteiger charge is -2.09. The van der Waals surface area contributed by atoms with Gasteiger partial charge in [0.1, 0.15) is 15.6 Å². The van der Waals surface area contributed by atoms with Crippen molar-refractivity contribution in [3.8, 4) is 5.75 Å². The first-order valence-electron chi connectivity index (χ1n) is 6.28. The van der Waals surface area contributed by atoms with Crippen LogP contribution in [-0.2, 0) is 14.6 Å². The largest absolute Gasteiger partial charge is 0.493 e. The predicted molar refractivity (Wildman–Crippen MR) is 77.6 cm³/mol. The van der Waals surface area contributed by atoms with E-state index in [0.29, 0.717) is 17.7 Å². The third-order valence-corrected chi connectivity index (χ3v) is 4.41. The summed E-state index contributed by atoms with van der Waals surface area (Å²) in [6.07, 6.45) is 2.89. The van der Waals surface area contributed by atoms with E-state index in [9.17, 15) is 13.2 Å². The molecular formula is C14H18O5S. The zero-order valence-corrected chi connectivity index (χ0v) is 12.1. The molecule has 1 rings (SSSR count). The molecule has 20 heavy (non-hydrogen) atoms. The first-order valence-corrected chi connectivity index (χ1v) is 8.10. The summed E-state index contributed by atoms with van der Waals surface area (Å²) in [5.41, 5.74) is 0.647. The minimum atomic E-state index is -2.98. The van der Waals surface area contributed by atoms with Crippen LogP contribution in [0.4, 0.5) is 0 Å². The van der Waals surface area contributed by atoms with Crippen LogP contribution in [0.3, 0.4) is 0 Å². The van der Waals surface area contributed by atoms with Gasteiger partial charge < -0.3 is 9.84 Å². The Labute approximate surface area is 118 Å². The highest BCUT2D eigenvalue weighted by atomic mass is 32.2. The fourth-order valence-electron chi connectivity index (χ4n) is 1.52. The van der Waals surface area contributed by atoms with Crippen molar-refractivity contribution >= 4 is 21.9 Å². The average molecular weight is 298 g/mol. The van der Waals surface area contributed by atoms with Crippen LogP contribution >= 0.6 is 0 Å². The standard InChI is InChI=1S/C14H18O5S/c1-2-20(17,18)11-5-10-19-13-7-4-3-6-12(13)8-9-14(15)16/h3-4,6-9H,2,5,10-11H2,1H3,(H,15,16). The van der Waals surface area contributed by atoms with Gasteiger partial charge in [0.2, 0.25) is 0 Å². The summed E-state index contributed by atoms with van der Waals surface area (Å²) in [7, 11) is -2.98. The third kappa shape index (κ3) is 5.88. The van der Waals surface area contributed by atoms with Crippen LogP contribution in [0.5, 0.6) is 5.75 Å². The fraction of sp³-hybridized carbons (Fsp3) is 0.357. The van der Waals surface area contributed by atoms with E-state index >= 15 is 0 Å². The maximum absolute atomic E-state index is 11.3. The van der Waals surface area contributed by atoms with Crippen LogP contribution in [0.25, 0.3) is 6.08 Å². The van der Waals surface area contributed by atoms with Gasteiger partial charge in [0, 0.05) is 17.4 Å². The van der Waals surface area contributed by atoms with Crippen LogP contribution in [0.2, 0.25) is 0 Å². The van der Waals surface area contributed by atoms with Gasteiger partial charge in [-0.3, -0.25) is 0 Å². The molecule has 0 aromatic heterocycles. The first kappa shape index (κ1) is 16.2. The Morgan fingerprint density at radius 3 is 2.70 bits per heavy atom. The Bertz CT molecular complexity index is 575. The molecule has 0 saturated heterocycles. The number of ether oxygens (including phenoxy) is 1. The fourth-order valence-corrected chi connectivity index (χ4v) is 2.36. The summed E-state index contributed by atoms with van der Waals surface area (Å²) in [5.74, 6) is -0.269. The van der Waals surface area contributed by atoms with Crippen molar-refractivity contribution in [3.63, 3.8) is 0 Å². The maximum atomic E-state index is 11.3. The highest BCUT2D eigenvalue weighted by Gasteiger charge is 2.07. The lowest BCUT2D eigenvalue weighted by molar-refractivity contribution is -0.131.